The summed E-state index contributed by atoms with van der Waals surface area (Å²) in [5.74, 6) is -0.753. The first-order valence-corrected chi connectivity index (χ1v) is 9.19. The van der Waals surface area contributed by atoms with E-state index in [1.54, 1.807) is 24.7 Å². The van der Waals surface area contributed by atoms with Crippen LogP contribution in [0.3, 0.4) is 0 Å². The van der Waals surface area contributed by atoms with Crippen molar-refractivity contribution in [3.63, 3.8) is 0 Å². The van der Waals surface area contributed by atoms with Gasteiger partial charge in [0, 0.05) is 6.54 Å². The first kappa shape index (κ1) is 18.8. The predicted molar refractivity (Wildman–Crippen MR) is 87.4 cm³/mol. The quantitative estimate of drug-likeness (QED) is 0.596. The molecule has 0 aliphatic heterocycles. The zero-order valence-electron chi connectivity index (χ0n) is 13.7. The third kappa shape index (κ3) is 4.08. The first-order valence-electron chi connectivity index (χ1n) is 7.58. The molecule has 0 amide bonds. The molecule has 0 bridgehead atoms. The molecule has 10 nitrogen and oxygen atoms in total. The van der Waals surface area contributed by atoms with Gasteiger partial charge in [0.05, 0.1) is 32.8 Å². The number of aliphatic hydroxyl groups is 1. The number of nitrogens with zero attached hydrogens (tertiary/aromatic N) is 4. The monoisotopic (exact) mass is 359 g/mol. The summed E-state index contributed by atoms with van der Waals surface area (Å²) in [5, 5.41) is 9.47. The molecule has 2 aromatic heterocycles. The van der Waals surface area contributed by atoms with Crippen LogP contribution in [0, 0.1) is 0 Å². The lowest BCUT2D eigenvalue weighted by Crippen LogP contribution is -2.23. The van der Waals surface area contributed by atoms with Crippen LogP contribution in [0.1, 0.15) is 13.8 Å². The molecule has 1 atom stereocenters. The number of aromatic nitrogens is 4. The fraction of sp³-hybridized carbons (Fsp3) is 0.615. The van der Waals surface area contributed by atoms with E-state index in [1.165, 1.54) is 6.33 Å². The third-order valence-corrected chi connectivity index (χ3v) is 5.45. The largest absolute Gasteiger partial charge is 0.393 e. The highest BCUT2D eigenvalue weighted by atomic mass is 31.2. The fourth-order valence-corrected chi connectivity index (χ4v) is 3.77. The molecule has 0 spiro atoms. The molecule has 0 saturated heterocycles. The van der Waals surface area contributed by atoms with Gasteiger partial charge in [0.2, 0.25) is 0 Å². The summed E-state index contributed by atoms with van der Waals surface area (Å²) in [6, 6.07) is 0. The number of aliphatic hydroxyl groups excluding tert-OH is 1. The van der Waals surface area contributed by atoms with Crippen LogP contribution in [-0.2, 0) is 24.9 Å². The molecule has 0 aliphatic carbocycles. The van der Waals surface area contributed by atoms with Crippen LogP contribution in [-0.4, -0.2) is 56.9 Å². The summed E-state index contributed by atoms with van der Waals surface area (Å²) in [6.07, 6.45) is 2.92. The predicted octanol–water partition coefficient (Wildman–Crippen LogP) is 1.01. The standard InChI is InChI=1S/C13H22N5O5P/c1-3-22-24(20,23-4-2)10(7-19)21-6-5-18-9-17-11-12(14)15-8-16-13(11)18/h8-10,19H,3-7H2,1-2H3,(H2,14,15,16). The Labute approximate surface area is 139 Å². The van der Waals surface area contributed by atoms with Crippen LogP contribution in [0.5, 0.6) is 0 Å². The molecule has 2 heterocycles. The molecule has 0 aliphatic rings. The van der Waals surface area contributed by atoms with Crippen LogP contribution in [0.2, 0.25) is 0 Å². The Morgan fingerprint density at radius 3 is 2.62 bits per heavy atom. The van der Waals surface area contributed by atoms with E-state index in [2.05, 4.69) is 15.0 Å². The summed E-state index contributed by atoms with van der Waals surface area (Å²) in [5.41, 5.74) is 6.81. The number of imidazole rings is 1. The number of rotatable bonds is 10. The van der Waals surface area contributed by atoms with Crippen LogP contribution in [0.4, 0.5) is 5.82 Å². The zero-order valence-corrected chi connectivity index (χ0v) is 14.6. The lowest BCUT2D eigenvalue weighted by molar-refractivity contribution is 0.0319. The number of nitrogen functional groups attached to an aromatic ring is 1. The molecule has 0 fully saturated rings. The van der Waals surface area contributed by atoms with Crippen molar-refractivity contribution >= 4 is 24.6 Å². The van der Waals surface area contributed by atoms with Crippen LogP contribution in [0.15, 0.2) is 12.7 Å². The Kier molecular flexibility index (Phi) is 6.64. The highest BCUT2D eigenvalue weighted by molar-refractivity contribution is 7.54. The van der Waals surface area contributed by atoms with Gasteiger partial charge in [-0.2, -0.15) is 0 Å². The topological polar surface area (TPSA) is 135 Å². The lowest BCUT2D eigenvalue weighted by atomic mass is 10.5. The van der Waals surface area contributed by atoms with Crippen molar-refractivity contribution in [2.75, 3.05) is 32.2 Å². The molecule has 2 rings (SSSR count). The Balaban J connectivity index is 2.02. The van der Waals surface area contributed by atoms with E-state index >= 15 is 0 Å². The SMILES string of the molecule is CCOP(=O)(OCC)C(CO)OCCn1cnc2c(N)ncnc21. The molecule has 0 radical (unpaired) electrons. The number of fused-ring (bicyclic) bond motifs is 1. The Bertz CT molecular complexity index is 699. The molecule has 24 heavy (non-hydrogen) atoms. The smallest absolute Gasteiger partial charge is 0.361 e. The van der Waals surface area contributed by atoms with Crippen molar-refractivity contribution < 1.29 is 23.5 Å². The van der Waals surface area contributed by atoms with Gasteiger partial charge in [0.15, 0.2) is 17.3 Å². The molecular weight excluding hydrogens is 337 g/mol. The van der Waals surface area contributed by atoms with Crippen molar-refractivity contribution in [1.29, 1.82) is 0 Å². The molecule has 0 saturated carbocycles. The van der Waals surface area contributed by atoms with E-state index in [-0.39, 0.29) is 19.8 Å². The minimum atomic E-state index is -3.53. The van der Waals surface area contributed by atoms with E-state index in [9.17, 15) is 9.67 Å². The average molecular weight is 359 g/mol. The van der Waals surface area contributed by atoms with E-state index < -0.39 is 20.0 Å². The lowest BCUT2D eigenvalue weighted by Gasteiger charge is -2.24. The molecular formula is C13H22N5O5P. The minimum absolute atomic E-state index is 0.157. The number of hydrogen-bond acceptors (Lipinski definition) is 9. The first-order chi connectivity index (χ1) is 11.6. The molecule has 134 valence electrons. The summed E-state index contributed by atoms with van der Waals surface area (Å²) >= 11 is 0. The number of ether oxygens (including phenoxy) is 1. The number of nitrogens with two attached hydrogens (primary N) is 1. The van der Waals surface area contributed by atoms with Gasteiger partial charge in [-0.25, -0.2) is 15.0 Å². The summed E-state index contributed by atoms with van der Waals surface area (Å²) in [6.45, 7) is 3.84. The van der Waals surface area contributed by atoms with Gasteiger partial charge < -0.3 is 29.2 Å². The summed E-state index contributed by atoms with van der Waals surface area (Å²) < 4.78 is 30.2. The second-order valence-electron chi connectivity index (χ2n) is 4.75. The van der Waals surface area contributed by atoms with Gasteiger partial charge in [0.1, 0.15) is 11.8 Å². The van der Waals surface area contributed by atoms with E-state index in [4.69, 9.17) is 19.5 Å². The Morgan fingerprint density at radius 1 is 1.29 bits per heavy atom. The van der Waals surface area contributed by atoms with Crippen molar-refractivity contribution in [3.05, 3.63) is 12.7 Å². The van der Waals surface area contributed by atoms with Gasteiger partial charge in [0.25, 0.3) is 0 Å². The average Bonchev–Trinajstić information content (AvgIpc) is 2.96. The zero-order chi connectivity index (χ0) is 17.6. The Hall–Kier alpha value is -1.58. The molecule has 3 N–H and O–H groups in total. The number of anilines is 1. The third-order valence-electron chi connectivity index (χ3n) is 3.20. The van der Waals surface area contributed by atoms with E-state index in [0.717, 1.165) is 0 Å². The van der Waals surface area contributed by atoms with Gasteiger partial charge >= 0.3 is 7.60 Å². The van der Waals surface area contributed by atoms with Crippen LogP contribution in [0.25, 0.3) is 11.2 Å². The molecule has 0 aromatic carbocycles. The van der Waals surface area contributed by atoms with Crippen molar-refractivity contribution in [2.24, 2.45) is 0 Å². The van der Waals surface area contributed by atoms with Gasteiger partial charge in [-0.1, -0.05) is 0 Å². The van der Waals surface area contributed by atoms with Crippen LogP contribution < -0.4 is 5.73 Å². The highest BCUT2D eigenvalue weighted by Gasteiger charge is 2.36. The minimum Gasteiger partial charge on any atom is -0.393 e. The normalized spacial score (nSPS) is 13.5. The van der Waals surface area contributed by atoms with E-state index in [1.807, 2.05) is 0 Å². The van der Waals surface area contributed by atoms with Crippen molar-refractivity contribution in [2.45, 2.75) is 26.2 Å². The molecule has 1 unspecified atom stereocenters. The van der Waals surface area contributed by atoms with Crippen LogP contribution >= 0.6 is 7.60 Å². The Morgan fingerprint density at radius 2 is 2.00 bits per heavy atom. The van der Waals surface area contributed by atoms with E-state index in [0.29, 0.717) is 23.5 Å². The second kappa shape index (κ2) is 8.50. The van der Waals surface area contributed by atoms with Crippen molar-refractivity contribution in [3.8, 4) is 0 Å². The van der Waals surface area contributed by atoms with Crippen molar-refractivity contribution in [1.82, 2.24) is 19.5 Å². The number of hydrogen-bond donors (Lipinski definition) is 2. The fourth-order valence-electron chi connectivity index (χ4n) is 2.16. The second-order valence-corrected chi connectivity index (χ2v) is 6.92. The van der Waals surface area contributed by atoms with Gasteiger partial charge in [-0.05, 0) is 13.8 Å². The maximum absolute atomic E-state index is 12.6. The molecule has 11 heteroatoms. The molecule has 2 aromatic rings. The highest BCUT2D eigenvalue weighted by Crippen LogP contribution is 2.53. The summed E-state index contributed by atoms with van der Waals surface area (Å²) in [7, 11) is -3.53. The van der Waals surface area contributed by atoms with Gasteiger partial charge in [-0.3, -0.25) is 4.57 Å². The maximum atomic E-state index is 12.6. The van der Waals surface area contributed by atoms with Gasteiger partial charge in [-0.15, -0.1) is 0 Å². The maximum Gasteiger partial charge on any atom is 0.361 e. The summed E-state index contributed by atoms with van der Waals surface area (Å²) in [4.78, 5) is 12.1.